The summed E-state index contributed by atoms with van der Waals surface area (Å²) >= 11 is 0. The molecule has 0 unspecified atom stereocenters. The van der Waals surface area contributed by atoms with Gasteiger partial charge in [-0.3, -0.25) is 0 Å². The Kier molecular flexibility index (Phi) is 2.94. The molecule has 0 N–H and O–H groups in total. The van der Waals surface area contributed by atoms with Gasteiger partial charge in [0, 0.05) is 0 Å². The highest BCUT2D eigenvalue weighted by Gasteiger charge is 2.23. The van der Waals surface area contributed by atoms with Gasteiger partial charge in [-0.15, -0.1) is 0 Å². The molecule has 0 aromatic rings. The van der Waals surface area contributed by atoms with Gasteiger partial charge in [-0.1, -0.05) is 19.8 Å². The zero-order chi connectivity index (χ0) is 8.32. The highest BCUT2D eigenvalue weighted by molar-refractivity contribution is 4.73. The first-order chi connectivity index (χ1) is 5.14. The van der Waals surface area contributed by atoms with E-state index in [0.29, 0.717) is 6.10 Å². The monoisotopic (exact) mass is 156 g/mol. The third kappa shape index (κ3) is 2.82. The van der Waals surface area contributed by atoms with Crippen molar-refractivity contribution in [2.24, 2.45) is 0 Å². The highest BCUT2D eigenvalue weighted by Crippen LogP contribution is 2.26. The topological polar surface area (TPSA) is 9.23 Å². The van der Waals surface area contributed by atoms with E-state index >= 15 is 0 Å². The molecule has 1 fully saturated rings. The van der Waals surface area contributed by atoms with E-state index < -0.39 is 0 Å². The minimum absolute atomic E-state index is 0.106. The van der Waals surface area contributed by atoms with Gasteiger partial charge in [0.2, 0.25) is 0 Å². The van der Waals surface area contributed by atoms with E-state index in [1.165, 1.54) is 25.7 Å². The van der Waals surface area contributed by atoms with Crippen molar-refractivity contribution in [2.45, 2.75) is 64.6 Å². The van der Waals surface area contributed by atoms with E-state index in [-0.39, 0.29) is 5.60 Å². The van der Waals surface area contributed by atoms with Crippen molar-refractivity contribution in [3.8, 4) is 0 Å². The lowest BCUT2D eigenvalue weighted by Crippen LogP contribution is -2.28. The number of rotatable bonds is 3. The Labute approximate surface area is 70.1 Å². The maximum Gasteiger partial charge on any atom is 0.0627 e. The predicted molar refractivity (Wildman–Crippen MR) is 47.7 cm³/mol. The molecule has 1 aliphatic carbocycles. The molecular weight excluding hydrogens is 136 g/mol. The first kappa shape index (κ1) is 9.05. The van der Waals surface area contributed by atoms with E-state index in [9.17, 15) is 0 Å². The molecule has 0 aromatic carbocycles. The summed E-state index contributed by atoms with van der Waals surface area (Å²) in [5, 5.41) is 0. The normalized spacial score (nSPS) is 21.0. The molecule has 1 rings (SSSR count). The van der Waals surface area contributed by atoms with Crippen molar-refractivity contribution in [3.63, 3.8) is 0 Å². The summed E-state index contributed by atoms with van der Waals surface area (Å²) in [4.78, 5) is 0. The summed E-state index contributed by atoms with van der Waals surface area (Å²) < 4.78 is 5.95. The van der Waals surface area contributed by atoms with Crippen LogP contribution in [0, 0.1) is 0 Å². The van der Waals surface area contributed by atoms with Crippen LogP contribution in [-0.4, -0.2) is 11.7 Å². The Morgan fingerprint density at radius 3 is 2.27 bits per heavy atom. The van der Waals surface area contributed by atoms with Crippen LogP contribution in [0.1, 0.15) is 52.9 Å². The first-order valence-electron chi connectivity index (χ1n) is 4.82. The van der Waals surface area contributed by atoms with Gasteiger partial charge in [0.1, 0.15) is 0 Å². The van der Waals surface area contributed by atoms with E-state index in [1.807, 2.05) is 0 Å². The molecule has 1 heteroatoms. The summed E-state index contributed by atoms with van der Waals surface area (Å²) in [7, 11) is 0. The molecule has 0 heterocycles. The second-order valence-corrected chi connectivity index (χ2v) is 4.14. The molecule has 1 nitrogen and oxygen atoms in total. The summed E-state index contributed by atoms with van der Waals surface area (Å²) in [5.74, 6) is 0. The SMILES string of the molecule is CCC(C)(C)OC1CCCC1. The zero-order valence-electron chi connectivity index (χ0n) is 8.02. The molecule has 0 bridgehead atoms. The molecule has 11 heavy (non-hydrogen) atoms. The molecule has 1 saturated carbocycles. The average molecular weight is 156 g/mol. The van der Waals surface area contributed by atoms with Gasteiger partial charge in [-0.25, -0.2) is 0 Å². The first-order valence-corrected chi connectivity index (χ1v) is 4.82. The summed E-state index contributed by atoms with van der Waals surface area (Å²) in [6.45, 7) is 6.56. The Bertz CT molecular complexity index is 112. The van der Waals surface area contributed by atoms with Crippen molar-refractivity contribution in [1.82, 2.24) is 0 Å². The van der Waals surface area contributed by atoms with Gasteiger partial charge < -0.3 is 4.74 Å². The van der Waals surface area contributed by atoms with Crippen LogP contribution >= 0.6 is 0 Å². The maximum absolute atomic E-state index is 5.95. The predicted octanol–water partition coefficient (Wildman–Crippen LogP) is 3.13. The minimum Gasteiger partial charge on any atom is -0.372 e. The molecule has 0 aromatic heterocycles. The molecule has 0 saturated heterocycles. The summed E-state index contributed by atoms with van der Waals surface area (Å²) in [6.07, 6.45) is 6.97. The molecule has 0 atom stereocenters. The molecule has 66 valence electrons. The number of ether oxygens (including phenoxy) is 1. The quantitative estimate of drug-likeness (QED) is 0.610. The molecule has 1 aliphatic rings. The van der Waals surface area contributed by atoms with Gasteiger partial charge in [-0.05, 0) is 33.1 Å². The second kappa shape index (κ2) is 3.57. The van der Waals surface area contributed by atoms with E-state index in [0.717, 1.165) is 6.42 Å². The van der Waals surface area contributed by atoms with Gasteiger partial charge in [-0.2, -0.15) is 0 Å². The van der Waals surface area contributed by atoms with Crippen LogP contribution in [0.2, 0.25) is 0 Å². The van der Waals surface area contributed by atoms with Crippen LogP contribution in [0.3, 0.4) is 0 Å². The lowest BCUT2D eigenvalue weighted by molar-refractivity contribution is -0.0697. The zero-order valence-corrected chi connectivity index (χ0v) is 8.02. The van der Waals surface area contributed by atoms with Gasteiger partial charge in [0.25, 0.3) is 0 Å². The molecule has 0 amide bonds. The van der Waals surface area contributed by atoms with E-state index in [2.05, 4.69) is 20.8 Å². The lowest BCUT2D eigenvalue weighted by atomic mass is 10.1. The molecule has 0 spiro atoms. The van der Waals surface area contributed by atoms with Crippen molar-refractivity contribution in [3.05, 3.63) is 0 Å². The van der Waals surface area contributed by atoms with E-state index in [1.54, 1.807) is 0 Å². The van der Waals surface area contributed by atoms with Gasteiger partial charge in [0.05, 0.1) is 11.7 Å². The summed E-state index contributed by atoms with van der Waals surface area (Å²) in [5.41, 5.74) is 0.106. The Balaban J connectivity index is 2.28. The summed E-state index contributed by atoms with van der Waals surface area (Å²) in [6, 6.07) is 0. The van der Waals surface area contributed by atoms with Gasteiger partial charge in [0.15, 0.2) is 0 Å². The number of hydrogen-bond acceptors (Lipinski definition) is 1. The Morgan fingerprint density at radius 1 is 1.27 bits per heavy atom. The van der Waals surface area contributed by atoms with Crippen molar-refractivity contribution in [2.75, 3.05) is 0 Å². The van der Waals surface area contributed by atoms with E-state index in [4.69, 9.17) is 4.74 Å². The third-order valence-corrected chi connectivity index (χ3v) is 2.64. The fourth-order valence-electron chi connectivity index (χ4n) is 1.54. The van der Waals surface area contributed by atoms with Gasteiger partial charge >= 0.3 is 0 Å². The highest BCUT2D eigenvalue weighted by atomic mass is 16.5. The largest absolute Gasteiger partial charge is 0.372 e. The molecular formula is C10H20O. The van der Waals surface area contributed by atoms with Crippen molar-refractivity contribution < 1.29 is 4.74 Å². The Morgan fingerprint density at radius 2 is 1.82 bits per heavy atom. The van der Waals surface area contributed by atoms with Crippen molar-refractivity contribution >= 4 is 0 Å². The van der Waals surface area contributed by atoms with Crippen LogP contribution in [0.25, 0.3) is 0 Å². The van der Waals surface area contributed by atoms with Crippen molar-refractivity contribution in [1.29, 1.82) is 0 Å². The maximum atomic E-state index is 5.95. The van der Waals surface area contributed by atoms with Crippen LogP contribution in [0.5, 0.6) is 0 Å². The Hall–Kier alpha value is -0.0400. The van der Waals surface area contributed by atoms with Crippen LogP contribution in [-0.2, 0) is 4.74 Å². The fraction of sp³-hybridized carbons (Fsp3) is 1.00. The minimum atomic E-state index is 0.106. The molecule has 0 aliphatic heterocycles. The fourth-order valence-corrected chi connectivity index (χ4v) is 1.54. The van der Waals surface area contributed by atoms with Crippen LogP contribution in [0.15, 0.2) is 0 Å². The lowest BCUT2D eigenvalue weighted by Gasteiger charge is -2.27. The second-order valence-electron chi connectivity index (χ2n) is 4.14. The number of hydrogen-bond donors (Lipinski definition) is 0. The standard InChI is InChI=1S/C10H20O/c1-4-10(2,3)11-9-7-5-6-8-9/h9H,4-8H2,1-3H3. The van der Waals surface area contributed by atoms with Crippen LogP contribution < -0.4 is 0 Å². The molecule has 0 radical (unpaired) electrons. The third-order valence-electron chi connectivity index (χ3n) is 2.64. The van der Waals surface area contributed by atoms with Crippen LogP contribution in [0.4, 0.5) is 0 Å². The smallest absolute Gasteiger partial charge is 0.0627 e. The average Bonchev–Trinajstić information content (AvgIpc) is 2.39.